The highest BCUT2D eigenvalue weighted by atomic mass is 32.2. The molecule has 0 saturated carbocycles. The predicted molar refractivity (Wildman–Crippen MR) is 120 cm³/mol. The van der Waals surface area contributed by atoms with E-state index >= 15 is 0 Å². The van der Waals surface area contributed by atoms with Gasteiger partial charge in [0.15, 0.2) is 23.9 Å². The van der Waals surface area contributed by atoms with Gasteiger partial charge in [-0.05, 0) is 43.3 Å². The summed E-state index contributed by atoms with van der Waals surface area (Å²) in [6.45, 7) is 2.23. The molecule has 0 atom stereocenters. The molecule has 0 aliphatic carbocycles. The Morgan fingerprint density at radius 2 is 1.67 bits per heavy atom. The van der Waals surface area contributed by atoms with Gasteiger partial charge in [0.1, 0.15) is 5.75 Å². The molecule has 178 valence electrons. The summed E-state index contributed by atoms with van der Waals surface area (Å²) in [4.78, 5) is 24.1. The second kappa shape index (κ2) is 10.6. The molecule has 1 aliphatic rings. The molecule has 1 heterocycles. The number of ketones is 1. The summed E-state index contributed by atoms with van der Waals surface area (Å²) in [5, 5.41) is 2.62. The molecule has 1 aliphatic heterocycles. The van der Waals surface area contributed by atoms with Crippen LogP contribution < -0.4 is 19.5 Å². The maximum absolute atomic E-state index is 12.9. The average Bonchev–Trinajstić information content (AvgIpc) is 2.83. The fraction of sp³-hybridized carbons (Fsp3) is 0.364. The third kappa shape index (κ3) is 5.81. The topological polar surface area (TPSA) is 120 Å². The lowest BCUT2D eigenvalue weighted by molar-refractivity contribution is -0.118. The summed E-state index contributed by atoms with van der Waals surface area (Å²) in [5.41, 5.74) is 0.644. The number of anilines is 1. The van der Waals surface area contributed by atoms with E-state index in [1.54, 1.807) is 12.1 Å². The predicted octanol–water partition coefficient (Wildman–Crippen LogP) is 1.94. The molecule has 1 fully saturated rings. The zero-order valence-electron chi connectivity index (χ0n) is 18.6. The third-order valence-electron chi connectivity index (χ3n) is 4.98. The minimum Gasteiger partial charge on any atom is -0.495 e. The number of nitrogens with one attached hydrogen (secondary N) is 1. The van der Waals surface area contributed by atoms with E-state index in [-0.39, 0.29) is 41.8 Å². The Bertz CT molecular complexity index is 1130. The number of carbonyl (C=O) groups excluding carboxylic acids is 2. The van der Waals surface area contributed by atoms with Crippen molar-refractivity contribution in [3.8, 4) is 17.2 Å². The van der Waals surface area contributed by atoms with Crippen LogP contribution in [-0.2, 0) is 19.6 Å². The highest BCUT2D eigenvalue weighted by molar-refractivity contribution is 7.89. The van der Waals surface area contributed by atoms with Gasteiger partial charge in [-0.1, -0.05) is 0 Å². The number of hydrogen-bond acceptors (Lipinski definition) is 8. The summed E-state index contributed by atoms with van der Waals surface area (Å²) in [6, 6.07) is 8.90. The van der Waals surface area contributed by atoms with Crippen molar-refractivity contribution in [2.45, 2.75) is 11.8 Å². The molecular formula is C22H26N2O8S. The van der Waals surface area contributed by atoms with Crippen molar-refractivity contribution in [3.05, 3.63) is 42.0 Å². The van der Waals surface area contributed by atoms with Crippen molar-refractivity contribution in [2.75, 3.05) is 52.4 Å². The van der Waals surface area contributed by atoms with Gasteiger partial charge in [-0.3, -0.25) is 9.59 Å². The van der Waals surface area contributed by atoms with Crippen molar-refractivity contribution >= 4 is 27.4 Å². The van der Waals surface area contributed by atoms with E-state index in [0.29, 0.717) is 30.3 Å². The van der Waals surface area contributed by atoms with E-state index in [4.69, 9.17) is 18.9 Å². The minimum atomic E-state index is -3.75. The van der Waals surface area contributed by atoms with Crippen LogP contribution in [0, 0.1) is 0 Å². The molecule has 3 rings (SSSR count). The number of nitrogens with zero attached hydrogens (tertiary/aromatic N) is 1. The van der Waals surface area contributed by atoms with E-state index in [0.717, 1.165) is 0 Å². The number of methoxy groups -OCH3 is 2. The van der Waals surface area contributed by atoms with Crippen LogP contribution in [0.5, 0.6) is 17.2 Å². The van der Waals surface area contributed by atoms with E-state index in [2.05, 4.69) is 5.32 Å². The Balaban J connectivity index is 1.74. The summed E-state index contributed by atoms with van der Waals surface area (Å²) < 4.78 is 48.4. The largest absolute Gasteiger partial charge is 0.495 e. The first-order valence-corrected chi connectivity index (χ1v) is 11.6. The fourth-order valence-corrected chi connectivity index (χ4v) is 4.65. The Kier molecular flexibility index (Phi) is 7.90. The number of rotatable bonds is 9. The first-order valence-electron chi connectivity index (χ1n) is 10.1. The molecule has 2 aromatic carbocycles. The van der Waals surface area contributed by atoms with Crippen molar-refractivity contribution < 1.29 is 37.0 Å². The van der Waals surface area contributed by atoms with Crippen LogP contribution in [0.15, 0.2) is 41.3 Å². The van der Waals surface area contributed by atoms with E-state index < -0.39 is 15.9 Å². The smallest absolute Gasteiger partial charge is 0.262 e. The Morgan fingerprint density at radius 3 is 2.30 bits per heavy atom. The van der Waals surface area contributed by atoms with Crippen molar-refractivity contribution in [1.82, 2.24) is 4.31 Å². The molecule has 1 N–H and O–H groups in total. The Morgan fingerprint density at radius 1 is 1.00 bits per heavy atom. The lowest BCUT2D eigenvalue weighted by Gasteiger charge is -2.26. The van der Waals surface area contributed by atoms with Crippen molar-refractivity contribution in [3.63, 3.8) is 0 Å². The molecular weight excluding hydrogens is 452 g/mol. The number of amides is 1. The van der Waals surface area contributed by atoms with Crippen molar-refractivity contribution in [1.29, 1.82) is 0 Å². The second-order valence-electron chi connectivity index (χ2n) is 7.14. The van der Waals surface area contributed by atoms with Crippen molar-refractivity contribution in [2.24, 2.45) is 0 Å². The SMILES string of the molecule is COc1ccc(S(=O)(=O)N2CCOCC2)cc1NC(=O)COc1ccc(C(C)=O)cc1OC. The first-order chi connectivity index (χ1) is 15.8. The minimum absolute atomic E-state index is 0.0305. The van der Waals surface area contributed by atoms with Gasteiger partial charge in [-0.25, -0.2) is 8.42 Å². The van der Waals surface area contributed by atoms with Crippen LogP contribution in [0.25, 0.3) is 0 Å². The molecule has 1 amide bonds. The van der Waals surface area contributed by atoms with Crippen LogP contribution >= 0.6 is 0 Å². The molecule has 0 spiro atoms. The fourth-order valence-electron chi connectivity index (χ4n) is 3.22. The highest BCUT2D eigenvalue weighted by Gasteiger charge is 2.27. The Labute approximate surface area is 192 Å². The first kappa shape index (κ1) is 24.5. The number of ether oxygens (including phenoxy) is 4. The van der Waals surface area contributed by atoms with Crippen LogP contribution in [0.2, 0.25) is 0 Å². The maximum Gasteiger partial charge on any atom is 0.262 e. The summed E-state index contributed by atoms with van der Waals surface area (Å²) >= 11 is 0. The molecule has 0 radical (unpaired) electrons. The lowest BCUT2D eigenvalue weighted by Crippen LogP contribution is -2.40. The second-order valence-corrected chi connectivity index (χ2v) is 9.08. The van der Waals surface area contributed by atoms with Crippen LogP contribution in [0.3, 0.4) is 0 Å². The standard InChI is InChI=1S/C22H26N2O8S/c1-15(25)16-4-6-20(21(12-16)30-3)32-14-22(26)23-18-13-17(5-7-19(18)29-2)33(27,28)24-8-10-31-11-9-24/h4-7,12-13H,8-11,14H2,1-3H3,(H,23,26). The molecule has 33 heavy (non-hydrogen) atoms. The number of carbonyl (C=O) groups is 2. The van der Waals surface area contributed by atoms with Gasteiger partial charge in [-0.15, -0.1) is 0 Å². The maximum atomic E-state index is 12.9. The molecule has 1 saturated heterocycles. The summed E-state index contributed by atoms with van der Waals surface area (Å²) in [7, 11) is -0.906. The molecule has 0 aromatic heterocycles. The molecule has 2 aromatic rings. The van der Waals surface area contributed by atoms with Gasteiger partial charge in [0.25, 0.3) is 5.91 Å². The quantitative estimate of drug-likeness (QED) is 0.543. The Hall–Kier alpha value is -3.15. The normalized spacial score (nSPS) is 14.4. The summed E-state index contributed by atoms with van der Waals surface area (Å²) in [5.74, 6) is 0.233. The van der Waals surface area contributed by atoms with Gasteiger partial charge in [0.2, 0.25) is 10.0 Å². The van der Waals surface area contributed by atoms with Crippen LogP contribution in [0.4, 0.5) is 5.69 Å². The molecule has 10 nitrogen and oxygen atoms in total. The number of morpholine rings is 1. The van der Waals surface area contributed by atoms with E-state index in [1.165, 1.54) is 49.7 Å². The number of hydrogen-bond donors (Lipinski definition) is 1. The summed E-state index contributed by atoms with van der Waals surface area (Å²) in [6.07, 6.45) is 0. The van der Waals surface area contributed by atoms with E-state index in [9.17, 15) is 18.0 Å². The number of Topliss-reactive ketones (excluding diaryl/α,β-unsaturated/α-hetero) is 1. The van der Waals surface area contributed by atoms with Gasteiger partial charge in [0, 0.05) is 18.7 Å². The average molecular weight is 479 g/mol. The van der Waals surface area contributed by atoms with Crippen LogP contribution in [-0.4, -0.2) is 71.5 Å². The van der Waals surface area contributed by atoms with Gasteiger partial charge >= 0.3 is 0 Å². The highest BCUT2D eigenvalue weighted by Crippen LogP contribution is 2.30. The lowest BCUT2D eigenvalue weighted by atomic mass is 10.1. The third-order valence-corrected chi connectivity index (χ3v) is 6.88. The molecule has 0 unspecified atom stereocenters. The molecule has 11 heteroatoms. The van der Waals surface area contributed by atoms with Gasteiger partial charge < -0.3 is 24.3 Å². The number of benzene rings is 2. The van der Waals surface area contributed by atoms with Gasteiger partial charge in [0.05, 0.1) is 38.0 Å². The van der Waals surface area contributed by atoms with Crippen LogP contribution in [0.1, 0.15) is 17.3 Å². The monoisotopic (exact) mass is 478 g/mol. The number of sulfonamides is 1. The zero-order valence-corrected chi connectivity index (χ0v) is 19.4. The van der Waals surface area contributed by atoms with E-state index in [1.807, 2.05) is 0 Å². The zero-order chi connectivity index (χ0) is 24.0. The molecule has 0 bridgehead atoms. The van der Waals surface area contributed by atoms with Gasteiger partial charge in [-0.2, -0.15) is 4.31 Å².